The van der Waals surface area contributed by atoms with Crippen LogP contribution >= 0.6 is 0 Å². The number of aliphatic hydroxyl groups is 3. The van der Waals surface area contributed by atoms with Crippen LogP contribution in [0.15, 0.2) is 18.2 Å². The number of nitrogens with one attached hydrogen (secondary N) is 4. The van der Waals surface area contributed by atoms with Crippen LogP contribution in [0, 0.1) is 0 Å². The molecule has 0 radical (unpaired) electrons. The first-order valence-electron chi connectivity index (χ1n) is 15.2. The van der Waals surface area contributed by atoms with Gasteiger partial charge in [-0.1, -0.05) is 6.07 Å². The minimum atomic E-state index is -0.667. The van der Waals surface area contributed by atoms with Gasteiger partial charge in [-0.2, -0.15) is 0 Å². The molecule has 1 amide bonds. The van der Waals surface area contributed by atoms with Crippen LogP contribution in [0.1, 0.15) is 51.2 Å². The van der Waals surface area contributed by atoms with Crippen LogP contribution in [0.25, 0.3) is 0 Å². The molecule has 0 bridgehead atoms. The standard InChI is InChI=1S/C30H57N5O8/c1-30(2,3)42-15-6-8-31-9-11-34-29(39)22-32-10-12-33-28(38)7-5-13-35(14-16-41-17-18-43-40-4)27-20-25(23-36)19-26(21-27)24-37/h19-21,29,31-32,34,36-37,39H,5-18,22-24H2,1-4H3,(H,33,38). The normalized spacial score (nSPS) is 12.4. The summed E-state index contributed by atoms with van der Waals surface area (Å²) in [5.41, 5.74) is 2.16. The fourth-order valence-corrected chi connectivity index (χ4v) is 4.08. The van der Waals surface area contributed by atoms with Crippen LogP contribution in [0.5, 0.6) is 0 Å². The van der Waals surface area contributed by atoms with E-state index in [4.69, 9.17) is 14.4 Å². The Balaban J connectivity index is 2.25. The first-order chi connectivity index (χ1) is 20.7. The molecule has 1 aromatic carbocycles. The van der Waals surface area contributed by atoms with Crippen molar-refractivity contribution in [3.05, 3.63) is 29.3 Å². The molecule has 1 unspecified atom stereocenters. The first-order valence-corrected chi connectivity index (χ1v) is 15.2. The number of hydrogen-bond donors (Lipinski definition) is 7. The van der Waals surface area contributed by atoms with Crippen LogP contribution in [0.2, 0.25) is 0 Å². The van der Waals surface area contributed by atoms with Crippen molar-refractivity contribution < 1.29 is 39.4 Å². The van der Waals surface area contributed by atoms with Gasteiger partial charge in [0.05, 0.1) is 39.1 Å². The Bertz CT molecular complexity index is 821. The second-order valence-corrected chi connectivity index (χ2v) is 11.1. The lowest BCUT2D eigenvalue weighted by Gasteiger charge is -2.26. The molecule has 7 N–H and O–H groups in total. The molecule has 13 nitrogen and oxygen atoms in total. The van der Waals surface area contributed by atoms with Gasteiger partial charge in [-0.05, 0) is 63.4 Å². The minimum Gasteiger partial charge on any atom is -0.392 e. The molecule has 0 aliphatic heterocycles. The SMILES string of the molecule is COOCCOCCN(CCCC(=O)NCCNCC(O)NCCNCCCOC(C)(C)C)c1cc(CO)cc(CO)c1. The number of nitrogens with zero attached hydrogens (tertiary/aromatic N) is 1. The van der Waals surface area contributed by atoms with E-state index in [-0.39, 0.29) is 24.7 Å². The number of carbonyl (C=O) groups excluding carboxylic acids is 1. The van der Waals surface area contributed by atoms with E-state index in [2.05, 4.69) is 31.1 Å². The van der Waals surface area contributed by atoms with E-state index >= 15 is 0 Å². The van der Waals surface area contributed by atoms with Gasteiger partial charge in [0.1, 0.15) is 12.8 Å². The van der Waals surface area contributed by atoms with Crippen molar-refractivity contribution in [3.63, 3.8) is 0 Å². The molecule has 0 fully saturated rings. The Morgan fingerprint density at radius 1 is 0.884 bits per heavy atom. The van der Waals surface area contributed by atoms with Crippen molar-refractivity contribution in [2.45, 2.75) is 65.1 Å². The number of aliphatic hydroxyl groups excluding tert-OH is 3. The molecule has 0 aromatic heterocycles. The van der Waals surface area contributed by atoms with Crippen molar-refractivity contribution in [2.24, 2.45) is 0 Å². The van der Waals surface area contributed by atoms with E-state index in [0.717, 1.165) is 31.8 Å². The van der Waals surface area contributed by atoms with Crippen LogP contribution in [-0.2, 0) is 37.3 Å². The van der Waals surface area contributed by atoms with E-state index in [0.29, 0.717) is 83.1 Å². The molecule has 0 aliphatic rings. The van der Waals surface area contributed by atoms with Gasteiger partial charge >= 0.3 is 0 Å². The van der Waals surface area contributed by atoms with Gasteiger partial charge in [-0.25, -0.2) is 9.78 Å². The molecule has 43 heavy (non-hydrogen) atoms. The summed E-state index contributed by atoms with van der Waals surface area (Å²) in [6.45, 7) is 12.6. The van der Waals surface area contributed by atoms with Gasteiger partial charge in [-0.15, -0.1) is 0 Å². The maximum atomic E-state index is 12.4. The number of benzene rings is 1. The Labute approximate surface area is 257 Å². The minimum absolute atomic E-state index is 0.0486. The second-order valence-electron chi connectivity index (χ2n) is 11.1. The smallest absolute Gasteiger partial charge is 0.220 e. The maximum Gasteiger partial charge on any atom is 0.220 e. The summed E-state index contributed by atoms with van der Waals surface area (Å²) in [5.74, 6) is -0.0486. The number of rotatable bonds is 27. The zero-order valence-corrected chi connectivity index (χ0v) is 26.7. The Kier molecular flexibility index (Phi) is 22.2. The van der Waals surface area contributed by atoms with E-state index in [1.165, 1.54) is 7.11 Å². The Hall–Kier alpha value is -1.91. The van der Waals surface area contributed by atoms with Gasteiger partial charge in [0.15, 0.2) is 0 Å². The molecule has 0 saturated heterocycles. The van der Waals surface area contributed by atoms with Gasteiger partial charge in [0.25, 0.3) is 0 Å². The maximum absolute atomic E-state index is 12.4. The quantitative estimate of drug-likeness (QED) is 0.0313. The van der Waals surface area contributed by atoms with Gasteiger partial charge in [-0.3, -0.25) is 10.1 Å². The third kappa shape index (κ3) is 21.4. The molecule has 0 spiro atoms. The summed E-state index contributed by atoms with van der Waals surface area (Å²) < 4.78 is 11.3. The van der Waals surface area contributed by atoms with Crippen molar-refractivity contribution in [1.82, 2.24) is 21.3 Å². The average Bonchev–Trinajstić information content (AvgIpc) is 2.98. The molecule has 13 heteroatoms. The molecule has 1 aromatic rings. The van der Waals surface area contributed by atoms with Crippen molar-refractivity contribution in [3.8, 4) is 0 Å². The van der Waals surface area contributed by atoms with Gasteiger partial charge in [0.2, 0.25) is 5.91 Å². The van der Waals surface area contributed by atoms with Crippen molar-refractivity contribution in [1.29, 1.82) is 0 Å². The molecule has 0 heterocycles. The summed E-state index contributed by atoms with van der Waals surface area (Å²) >= 11 is 0. The fourth-order valence-electron chi connectivity index (χ4n) is 4.08. The average molecular weight is 616 g/mol. The Morgan fingerprint density at radius 2 is 1.60 bits per heavy atom. The van der Waals surface area contributed by atoms with E-state index in [9.17, 15) is 20.1 Å². The molecule has 0 aliphatic carbocycles. The van der Waals surface area contributed by atoms with Crippen LogP contribution in [-0.4, -0.2) is 119 Å². The lowest BCUT2D eigenvalue weighted by atomic mass is 10.1. The molecule has 0 saturated carbocycles. The van der Waals surface area contributed by atoms with Crippen LogP contribution in [0.4, 0.5) is 5.69 Å². The molecule has 1 rings (SSSR count). The monoisotopic (exact) mass is 615 g/mol. The second kappa shape index (κ2) is 24.4. The lowest BCUT2D eigenvalue weighted by Crippen LogP contribution is -2.43. The third-order valence-corrected chi connectivity index (χ3v) is 6.21. The highest BCUT2D eigenvalue weighted by molar-refractivity contribution is 5.75. The predicted molar refractivity (Wildman–Crippen MR) is 167 cm³/mol. The topological polar surface area (TPSA) is 166 Å². The largest absolute Gasteiger partial charge is 0.392 e. The summed E-state index contributed by atoms with van der Waals surface area (Å²) in [4.78, 5) is 23.8. The highest BCUT2D eigenvalue weighted by atomic mass is 17.2. The van der Waals surface area contributed by atoms with E-state index in [1.807, 2.05) is 32.9 Å². The summed E-state index contributed by atoms with van der Waals surface area (Å²) in [5, 5.41) is 41.7. The van der Waals surface area contributed by atoms with E-state index < -0.39 is 6.23 Å². The predicted octanol–water partition coefficient (Wildman–Crippen LogP) is 0.261. The number of ether oxygens (including phenoxy) is 2. The zero-order chi connectivity index (χ0) is 31.8. The van der Waals surface area contributed by atoms with E-state index in [1.54, 1.807) is 6.07 Å². The first kappa shape index (κ1) is 39.1. The fraction of sp³-hybridized carbons (Fsp3) is 0.767. The van der Waals surface area contributed by atoms with Crippen molar-refractivity contribution in [2.75, 3.05) is 90.8 Å². The van der Waals surface area contributed by atoms with Crippen LogP contribution < -0.4 is 26.2 Å². The molecular formula is C30H57N5O8. The van der Waals surface area contributed by atoms with Crippen LogP contribution in [0.3, 0.4) is 0 Å². The van der Waals surface area contributed by atoms with Gasteiger partial charge in [0, 0.05) is 64.5 Å². The summed E-state index contributed by atoms with van der Waals surface area (Å²) in [6.07, 6.45) is 1.24. The third-order valence-electron chi connectivity index (χ3n) is 6.21. The lowest BCUT2D eigenvalue weighted by molar-refractivity contribution is -0.277. The summed E-state index contributed by atoms with van der Waals surface area (Å²) in [7, 11) is 1.44. The number of carbonyl (C=O) groups is 1. The highest BCUT2D eigenvalue weighted by Crippen LogP contribution is 2.20. The number of amides is 1. The van der Waals surface area contributed by atoms with Gasteiger partial charge < -0.3 is 45.6 Å². The molecule has 250 valence electrons. The van der Waals surface area contributed by atoms with Crippen molar-refractivity contribution >= 4 is 11.6 Å². The molecular weight excluding hydrogens is 558 g/mol. The number of hydrogen-bond acceptors (Lipinski definition) is 12. The molecule has 1 atom stereocenters. The summed E-state index contributed by atoms with van der Waals surface area (Å²) in [6, 6.07) is 5.52. The Morgan fingerprint density at radius 3 is 2.28 bits per heavy atom. The zero-order valence-electron chi connectivity index (χ0n) is 26.7. The highest BCUT2D eigenvalue weighted by Gasteiger charge is 2.12. The number of anilines is 1.